The molecule has 1 aliphatic heterocycles. The van der Waals surface area contributed by atoms with E-state index in [-0.39, 0.29) is 0 Å². The molecule has 17 heavy (non-hydrogen) atoms. The van der Waals surface area contributed by atoms with Gasteiger partial charge in [-0.2, -0.15) is 0 Å². The third-order valence-corrected chi connectivity index (χ3v) is 2.62. The Balaban J connectivity index is 2.15. The van der Waals surface area contributed by atoms with Gasteiger partial charge in [-0.25, -0.2) is 8.78 Å². The maximum Gasteiger partial charge on any atom is 0.331 e. The summed E-state index contributed by atoms with van der Waals surface area (Å²) in [5.41, 5.74) is 0. The first kappa shape index (κ1) is 11.9. The van der Waals surface area contributed by atoms with Crippen LogP contribution in [0.25, 0.3) is 0 Å². The highest BCUT2D eigenvalue weighted by atomic mass is 19.3. The molecule has 1 atom stereocenters. The minimum Gasteiger partial charge on any atom is -0.422 e. The second-order valence-corrected chi connectivity index (χ2v) is 4.60. The van der Waals surface area contributed by atoms with Gasteiger partial charge in [-0.3, -0.25) is 14.4 Å². The lowest BCUT2D eigenvalue weighted by Gasteiger charge is -2.32. The van der Waals surface area contributed by atoms with Crippen molar-refractivity contribution in [3.8, 4) is 0 Å². The van der Waals surface area contributed by atoms with Crippen molar-refractivity contribution >= 4 is 17.7 Å². The Morgan fingerprint density at radius 2 is 1.65 bits per heavy atom. The maximum atomic E-state index is 12.7. The molecule has 1 unspecified atom stereocenters. The fourth-order valence-corrected chi connectivity index (χ4v) is 1.67. The van der Waals surface area contributed by atoms with Gasteiger partial charge in [-0.05, 0) is 0 Å². The van der Waals surface area contributed by atoms with Crippen LogP contribution in [0, 0.1) is 11.8 Å². The zero-order chi connectivity index (χ0) is 13.0. The van der Waals surface area contributed by atoms with E-state index in [9.17, 15) is 23.2 Å². The van der Waals surface area contributed by atoms with Crippen LogP contribution in [0.15, 0.2) is 0 Å². The SMILES string of the molecule is CC1(C)OC(=O)C(C(=O)C2CC2(F)F)C(=O)O1. The first-order chi connectivity index (χ1) is 7.64. The highest BCUT2D eigenvalue weighted by molar-refractivity contribution is 6.17. The van der Waals surface area contributed by atoms with Gasteiger partial charge in [0.2, 0.25) is 5.92 Å². The molecule has 2 rings (SSSR count). The van der Waals surface area contributed by atoms with Crippen molar-refractivity contribution < 1.29 is 32.6 Å². The number of cyclic esters (lactones) is 2. The van der Waals surface area contributed by atoms with Crippen LogP contribution in [-0.2, 0) is 23.9 Å². The summed E-state index contributed by atoms with van der Waals surface area (Å²) in [6.07, 6.45) is -0.633. The number of ether oxygens (including phenoxy) is 2. The molecule has 94 valence electrons. The highest BCUT2D eigenvalue weighted by Crippen LogP contribution is 2.50. The van der Waals surface area contributed by atoms with Crippen LogP contribution in [0.2, 0.25) is 0 Å². The molecule has 0 aromatic carbocycles. The van der Waals surface area contributed by atoms with Crippen molar-refractivity contribution in [1.82, 2.24) is 0 Å². The average Bonchev–Trinajstić information content (AvgIpc) is 2.71. The van der Waals surface area contributed by atoms with Crippen molar-refractivity contribution in [2.45, 2.75) is 32.0 Å². The molecule has 1 aliphatic carbocycles. The van der Waals surface area contributed by atoms with Gasteiger partial charge in [0.15, 0.2) is 5.78 Å². The summed E-state index contributed by atoms with van der Waals surface area (Å²) in [7, 11) is 0. The second-order valence-electron chi connectivity index (χ2n) is 4.60. The number of hydrogen-bond donors (Lipinski definition) is 0. The van der Waals surface area contributed by atoms with Crippen LogP contribution in [0.5, 0.6) is 0 Å². The summed E-state index contributed by atoms with van der Waals surface area (Å²) in [5.74, 6) is -11.4. The Morgan fingerprint density at radius 1 is 1.24 bits per heavy atom. The molecule has 1 heterocycles. The highest BCUT2D eigenvalue weighted by Gasteiger charge is 2.65. The van der Waals surface area contributed by atoms with Crippen molar-refractivity contribution in [3.05, 3.63) is 0 Å². The lowest BCUT2D eigenvalue weighted by Crippen LogP contribution is -2.49. The topological polar surface area (TPSA) is 69.7 Å². The normalized spacial score (nSPS) is 30.5. The van der Waals surface area contributed by atoms with E-state index in [1.165, 1.54) is 13.8 Å². The number of Topliss-reactive ketones (excluding diaryl/α,β-unsaturated/α-hetero) is 1. The summed E-state index contributed by atoms with van der Waals surface area (Å²) in [4.78, 5) is 34.4. The van der Waals surface area contributed by atoms with Crippen LogP contribution in [0.4, 0.5) is 8.78 Å². The first-order valence-corrected chi connectivity index (χ1v) is 5.01. The number of hydrogen-bond acceptors (Lipinski definition) is 5. The molecule has 0 radical (unpaired) electrons. The summed E-state index contributed by atoms with van der Waals surface area (Å²) in [6, 6.07) is 0. The molecule has 2 fully saturated rings. The molecule has 5 nitrogen and oxygen atoms in total. The number of halogens is 2. The molecule has 7 heteroatoms. The number of carbonyl (C=O) groups is 3. The first-order valence-electron chi connectivity index (χ1n) is 5.01. The van der Waals surface area contributed by atoms with Crippen molar-refractivity contribution in [3.63, 3.8) is 0 Å². The van der Waals surface area contributed by atoms with Gasteiger partial charge in [0.1, 0.15) is 0 Å². The Hall–Kier alpha value is -1.53. The molecule has 0 bridgehead atoms. The van der Waals surface area contributed by atoms with Gasteiger partial charge >= 0.3 is 11.9 Å². The molecule has 0 N–H and O–H groups in total. The van der Waals surface area contributed by atoms with Crippen molar-refractivity contribution in [2.24, 2.45) is 11.8 Å². The van der Waals surface area contributed by atoms with E-state index in [0.717, 1.165) is 0 Å². The quantitative estimate of drug-likeness (QED) is 0.530. The van der Waals surface area contributed by atoms with E-state index in [1.807, 2.05) is 0 Å². The number of alkyl halides is 2. The lowest BCUT2D eigenvalue weighted by atomic mass is 9.99. The monoisotopic (exact) mass is 248 g/mol. The maximum absolute atomic E-state index is 12.7. The molecule has 1 saturated carbocycles. The smallest absolute Gasteiger partial charge is 0.331 e. The Labute approximate surface area is 95.1 Å². The van der Waals surface area contributed by atoms with E-state index >= 15 is 0 Å². The largest absolute Gasteiger partial charge is 0.422 e. The Kier molecular flexibility index (Phi) is 2.28. The lowest BCUT2D eigenvalue weighted by molar-refractivity contribution is -0.238. The molecular formula is C10H10F2O5. The third kappa shape index (κ3) is 2.01. The van der Waals surface area contributed by atoms with Crippen LogP contribution in [0.3, 0.4) is 0 Å². The van der Waals surface area contributed by atoms with Gasteiger partial charge in [-0.15, -0.1) is 0 Å². The second kappa shape index (κ2) is 3.24. The number of rotatable bonds is 2. The average molecular weight is 248 g/mol. The van der Waals surface area contributed by atoms with E-state index < -0.39 is 47.7 Å². The van der Waals surface area contributed by atoms with Gasteiger partial charge < -0.3 is 9.47 Å². The van der Waals surface area contributed by atoms with Crippen molar-refractivity contribution in [1.29, 1.82) is 0 Å². The molecule has 0 aromatic rings. The van der Waals surface area contributed by atoms with E-state index in [4.69, 9.17) is 0 Å². The predicted octanol–water partition coefficient (Wildman–Crippen LogP) is 0.663. The summed E-state index contributed by atoms with van der Waals surface area (Å²) in [6.45, 7) is 2.63. The molecule has 2 aliphatic rings. The Bertz CT molecular complexity index is 395. The summed E-state index contributed by atoms with van der Waals surface area (Å²) >= 11 is 0. The fourth-order valence-electron chi connectivity index (χ4n) is 1.67. The zero-order valence-electron chi connectivity index (χ0n) is 9.16. The standard InChI is InChI=1S/C10H10F2O5/c1-9(2)16-7(14)5(8(15)17-9)6(13)4-3-10(4,11)12/h4-5H,3H2,1-2H3. The Morgan fingerprint density at radius 3 is 2.00 bits per heavy atom. The molecule has 0 spiro atoms. The van der Waals surface area contributed by atoms with Crippen LogP contribution in [-0.4, -0.2) is 29.4 Å². The third-order valence-electron chi connectivity index (χ3n) is 2.62. The van der Waals surface area contributed by atoms with Crippen LogP contribution < -0.4 is 0 Å². The van der Waals surface area contributed by atoms with E-state index in [0.29, 0.717) is 0 Å². The van der Waals surface area contributed by atoms with Gasteiger partial charge in [0.05, 0.1) is 5.92 Å². The molecule has 0 aromatic heterocycles. The van der Waals surface area contributed by atoms with Crippen LogP contribution in [0.1, 0.15) is 20.3 Å². The van der Waals surface area contributed by atoms with Crippen LogP contribution >= 0.6 is 0 Å². The van der Waals surface area contributed by atoms with Crippen molar-refractivity contribution in [2.75, 3.05) is 0 Å². The number of esters is 2. The number of carbonyl (C=O) groups excluding carboxylic acids is 3. The van der Waals surface area contributed by atoms with E-state index in [1.54, 1.807) is 0 Å². The zero-order valence-corrected chi connectivity index (χ0v) is 9.16. The predicted molar refractivity (Wildman–Crippen MR) is 47.8 cm³/mol. The van der Waals surface area contributed by atoms with Gasteiger partial charge in [-0.1, -0.05) is 0 Å². The fraction of sp³-hybridized carbons (Fsp3) is 0.700. The summed E-state index contributed by atoms with van der Waals surface area (Å²) < 4.78 is 34.7. The summed E-state index contributed by atoms with van der Waals surface area (Å²) in [5, 5.41) is 0. The minimum atomic E-state index is -3.12. The number of ketones is 1. The molecule has 0 amide bonds. The van der Waals surface area contributed by atoms with Gasteiger partial charge in [0.25, 0.3) is 11.7 Å². The van der Waals surface area contributed by atoms with Gasteiger partial charge in [0, 0.05) is 20.3 Å². The molecular weight excluding hydrogens is 238 g/mol. The van der Waals surface area contributed by atoms with E-state index in [2.05, 4.69) is 9.47 Å². The minimum absolute atomic E-state index is 0.633. The molecule has 1 saturated heterocycles.